The average Bonchev–Trinajstić information content (AvgIpc) is 2.30. The van der Waals surface area contributed by atoms with Crippen LogP contribution in [0.25, 0.3) is 0 Å². The van der Waals surface area contributed by atoms with Gasteiger partial charge in [-0.25, -0.2) is 0 Å². The van der Waals surface area contributed by atoms with Crippen LogP contribution in [0.5, 0.6) is 0 Å². The van der Waals surface area contributed by atoms with Crippen molar-refractivity contribution in [1.82, 2.24) is 5.32 Å². The van der Waals surface area contributed by atoms with Gasteiger partial charge in [-0.05, 0) is 0 Å². The third kappa shape index (κ3) is 9.51. The summed E-state index contributed by atoms with van der Waals surface area (Å²) in [5.74, 6) is -5.53. The number of hydrogen-bond acceptors (Lipinski definition) is 6. The van der Waals surface area contributed by atoms with Gasteiger partial charge in [0, 0.05) is 24.5 Å². The fourth-order valence-corrected chi connectivity index (χ4v) is 2.40. The summed E-state index contributed by atoms with van der Waals surface area (Å²) in [4.78, 5) is 44.1. The van der Waals surface area contributed by atoms with Gasteiger partial charge in [0.15, 0.2) is 0 Å². The quantitative estimate of drug-likeness (QED) is 0.190. The summed E-state index contributed by atoms with van der Waals surface area (Å²) in [5.41, 5.74) is 3.52. The van der Waals surface area contributed by atoms with Crippen molar-refractivity contribution in [1.29, 1.82) is 0 Å². The zero-order valence-corrected chi connectivity index (χ0v) is 14.8. The molecule has 0 amide bonds. The minimum Gasteiger partial charge on any atom is -1.00 e. The van der Waals surface area contributed by atoms with Crippen LogP contribution in [0.3, 0.4) is 0 Å². The maximum atomic E-state index is 11.1. The van der Waals surface area contributed by atoms with E-state index in [-0.39, 0.29) is 44.1 Å². The monoisotopic (exact) mass is 344 g/mol. The Kier molecular flexibility index (Phi) is 11.9. The van der Waals surface area contributed by atoms with E-state index in [4.69, 9.17) is 26.2 Å². The van der Waals surface area contributed by atoms with Gasteiger partial charge in [-0.15, -0.1) is 0 Å². The molecule has 23 heavy (non-hydrogen) atoms. The van der Waals surface area contributed by atoms with E-state index in [0.717, 1.165) is 0 Å². The summed E-state index contributed by atoms with van der Waals surface area (Å²) in [6.07, 6.45) is -2.99. The number of carboxylic acids is 4. The molecule has 0 aliphatic rings. The molecule has 0 bridgehead atoms. The Balaban J connectivity index is -0.00000220. The summed E-state index contributed by atoms with van der Waals surface area (Å²) < 4.78 is 0. The molecule has 0 fully saturated rings. The Hall–Kier alpha value is -1.20. The minimum absolute atomic E-state index is 0. The third-order valence-corrected chi connectivity index (χ3v) is 3.16. The minimum atomic E-state index is -1.78. The van der Waals surface area contributed by atoms with Crippen molar-refractivity contribution in [2.45, 2.75) is 31.7 Å². The van der Waals surface area contributed by atoms with Crippen LogP contribution in [0.4, 0.5) is 0 Å². The van der Waals surface area contributed by atoms with Crippen LogP contribution in [0, 0.1) is 5.41 Å². The number of nitrogens with two attached hydrogens (primary N) is 1. The van der Waals surface area contributed by atoms with Gasteiger partial charge in [0.1, 0.15) is 0 Å². The van der Waals surface area contributed by atoms with Gasteiger partial charge in [0.05, 0.1) is 25.7 Å². The second-order valence-electron chi connectivity index (χ2n) is 4.97. The maximum Gasteiger partial charge on any atom is 1.00 e. The van der Waals surface area contributed by atoms with Crippen LogP contribution in [0.2, 0.25) is 0 Å². The summed E-state index contributed by atoms with van der Waals surface area (Å²) >= 11 is 0. The molecule has 0 aromatic carbocycles. The normalized spacial score (nSPS) is 12.0. The van der Waals surface area contributed by atoms with Gasteiger partial charge in [0.2, 0.25) is 0 Å². The molecule has 0 aromatic heterocycles. The topological polar surface area (TPSA) is 187 Å². The number of rotatable bonds is 12. The van der Waals surface area contributed by atoms with Crippen LogP contribution in [0.15, 0.2) is 0 Å². The van der Waals surface area contributed by atoms with Gasteiger partial charge >= 0.3 is 53.4 Å². The summed E-state index contributed by atoms with van der Waals surface area (Å²) in [6, 6.07) is -1.16. The van der Waals surface area contributed by atoms with Crippen molar-refractivity contribution in [3.05, 3.63) is 0 Å². The fourth-order valence-electron chi connectivity index (χ4n) is 2.40. The number of hydrogen-bond donors (Lipinski definition) is 6. The maximum absolute atomic E-state index is 11.1. The van der Waals surface area contributed by atoms with Crippen molar-refractivity contribution in [2.24, 2.45) is 11.1 Å². The predicted octanol–water partition coefficient (Wildman–Crippen LogP) is -4.09. The number of aliphatic carboxylic acids is 4. The Bertz CT molecular complexity index is 408. The molecule has 10 nitrogen and oxygen atoms in total. The van der Waals surface area contributed by atoms with Gasteiger partial charge < -0.3 is 32.9 Å². The van der Waals surface area contributed by atoms with Crippen LogP contribution in [-0.4, -0.2) is 63.4 Å². The van der Waals surface area contributed by atoms with Gasteiger partial charge in [-0.2, -0.15) is 0 Å². The molecule has 0 rings (SSSR count). The van der Waals surface area contributed by atoms with E-state index >= 15 is 0 Å². The van der Waals surface area contributed by atoms with Crippen molar-refractivity contribution < 1.29 is 70.6 Å². The largest absolute Gasteiger partial charge is 1.00 e. The molecule has 11 heteroatoms. The van der Waals surface area contributed by atoms with Crippen molar-refractivity contribution >= 4 is 23.9 Å². The van der Waals surface area contributed by atoms with E-state index in [0.29, 0.717) is 0 Å². The van der Waals surface area contributed by atoms with E-state index in [1.807, 2.05) is 0 Å². The second-order valence-corrected chi connectivity index (χ2v) is 4.97. The first-order valence-corrected chi connectivity index (χ1v) is 6.43. The second kappa shape index (κ2) is 11.4. The van der Waals surface area contributed by atoms with Crippen LogP contribution < -0.4 is 40.6 Å². The SMILES string of the molecule is NCCNC(CC(=O)O)C(CC(=O)O)(CC(=O)O)CC(=O)O.[H-].[Na+]. The van der Waals surface area contributed by atoms with E-state index in [2.05, 4.69) is 5.32 Å². The molecule has 0 heterocycles. The summed E-state index contributed by atoms with van der Waals surface area (Å²) in [6.45, 7) is 0.192. The smallest absolute Gasteiger partial charge is 1.00 e. The van der Waals surface area contributed by atoms with Crippen molar-refractivity contribution in [3.8, 4) is 0 Å². The Morgan fingerprint density at radius 3 is 1.57 bits per heavy atom. The predicted molar refractivity (Wildman–Crippen MR) is 73.4 cm³/mol. The zero-order valence-electron chi connectivity index (χ0n) is 13.8. The molecule has 0 aliphatic heterocycles. The van der Waals surface area contributed by atoms with Crippen LogP contribution in [-0.2, 0) is 19.2 Å². The van der Waals surface area contributed by atoms with E-state index in [1.54, 1.807) is 0 Å². The summed E-state index contributed by atoms with van der Waals surface area (Å²) in [7, 11) is 0. The zero-order chi connectivity index (χ0) is 17.3. The van der Waals surface area contributed by atoms with Gasteiger partial charge in [-0.3, -0.25) is 19.2 Å². The Labute approximate surface area is 155 Å². The van der Waals surface area contributed by atoms with E-state index in [9.17, 15) is 19.2 Å². The third-order valence-electron chi connectivity index (χ3n) is 3.16. The summed E-state index contributed by atoms with van der Waals surface area (Å²) in [5, 5.41) is 38.6. The number of carboxylic acid groups (broad SMARTS) is 4. The first-order valence-electron chi connectivity index (χ1n) is 6.43. The van der Waals surface area contributed by atoms with Crippen molar-refractivity contribution in [3.63, 3.8) is 0 Å². The van der Waals surface area contributed by atoms with Crippen molar-refractivity contribution in [2.75, 3.05) is 13.1 Å². The Morgan fingerprint density at radius 2 is 1.30 bits per heavy atom. The molecule has 0 saturated carbocycles. The molecular formula is C12H21N2NaO8. The first-order chi connectivity index (χ1) is 10.1. The molecule has 0 radical (unpaired) electrons. The van der Waals surface area contributed by atoms with Crippen LogP contribution in [0.1, 0.15) is 27.1 Å². The Morgan fingerprint density at radius 1 is 0.913 bits per heavy atom. The number of nitrogens with one attached hydrogen (secondary N) is 1. The molecule has 0 saturated heterocycles. The average molecular weight is 344 g/mol. The first kappa shape index (κ1) is 24.1. The van der Waals surface area contributed by atoms with E-state index < -0.39 is 61.0 Å². The fraction of sp³-hybridized carbons (Fsp3) is 0.667. The standard InChI is InChI=1S/C12H20N2O8.Na.H/c13-1-2-14-7(3-8(15)16)12(4-9(17)18,5-10(19)20)6-11(21)22;;/h7,14H,1-6,13H2,(H,15,16)(H,17,18)(H,19,20)(H,21,22);;/q;+1;-1. The molecule has 1 atom stereocenters. The van der Waals surface area contributed by atoms with Crippen LogP contribution >= 0.6 is 0 Å². The molecule has 128 valence electrons. The molecular weight excluding hydrogens is 323 g/mol. The molecule has 0 aliphatic carbocycles. The molecule has 0 aromatic rings. The molecule has 1 unspecified atom stereocenters. The van der Waals surface area contributed by atoms with Gasteiger partial charge in [0.25, 0.3) is 0 Å². The van der Waals surface area contributed by atoms with E-state index in [1.165, 1.54) is 0 Å². The number of carbonyl (C=O) groups is 4. The molecule has 0 spiro atoms. The molecule has 7 N–H and O–H groups in total. The van der Waals surface area contributed by atoms with Gasteiger partial charge in [-0.1, -0.05) is 0 Å².